The SMILES string of the molecule is NCC1=C(N)NCC=C1. The third kappa shape index (κ3) is 1.23. The van der Waals surface area contributed by atoms with E-state index in [1.165, 1.54) is 0 Å². The molecule has 50 valence electrons. The molecule has 0 fully saturated rings. The summed E-state index contributed by atoms with van der Waals surface area (Å²) in [6.07, 6.45) is 3.95. The van der Waals surface area contributed by atoms with Crippen molar-refractivity contribution >= 4 is 0 Å². The number of hydrogen-bond acceptors (Lipinski definition) is 3. The number of rotatable bonds is 1. The van der Waals surface area contributed by atoms with E-state index in [1.54, 1.807) is 0 Å². The summed E-state index contributed by atoms with van der Waals surface area (Å²) in [4.78, 5) is 0. The van der Waals surface area contributed by atoms with Crippen LogP contribution < -0.4 is 16.8 Å². The Morgan fingerprint density at radius 1 is 1.67 bits per heavy atom. The van der Waals surface area contributed by atoms with Gasteiger partial charge in [-0.1, -0.05) is 12.2 Å². The van der Waals surface area contributed by atoms with E-state index in [-0.39, 0.29) is 0 Å². The lowest BCUT2D eigenvalue weighted by molar-refractivity contribution is 0.844. The van der Waals surface area contributed by atoms with Crippen LogP contribution in [-0.4, -0.2) is 13.1 Å². The Morgan fingerprint density at radius 2 is 2.44 bits per heavy atom. The van der Waals surface area contributed by atoms with Gasteiger partial charge >= 0.3 is 0 Å². The molecule has 0 aliphatic carbocycles. The van der Waals surface area contributed by atoms with E-state index in [1.807, 2.05) is 12.2 Å². The van der Waals surface area contributed by atoms with Crippen LogP contribution in [0, 0.1) is 0 Å². The maximum atomic E-state index is 5.53. The Morgan fingerprint density at radius 3 is 2.89 bits per heavy atom. The number of dihydropyridines is 1. The van der Waals surface area contributed by atoms with Crippen molar-refractivity contribution in [2.24, 2.45) is 11.5 Å². The van der Waals surface area contributed by atoms with Gasteiger partial charge in [0.1, 0.15) is 5.82 Å². The first-order valence-electron chi connectivity index (χ1n) is 2.93. The maximum Gasteiger partial charge on any atom is 0.101 e. The molecule has 1 rings (SSSR count). The number of hydrogen-bond donors (Lipinski definition) is 3. The van der Waals surface area contributed by atoms with Crippen molar-refractivity contribution in [1.29, 1.82) is 0 Å². The minimum Gasteiger partial charge on any atom is -0.385 e. The summed E-state index contributed by atoms with van der Waals surface area (Å²) in [5.74, 6) is 0.708. The van der Waals surface area contributed by atoms with E-state index in [2.05, 4.69) is 5.32 Å². The zero-order valence-corrected chi connectivity index (χ0v) is 5.22. The smallest absolute Gasteiger partial charge is 0.101 e. The molecular formula is C6H11N3. The molecule has 0 saturated heterocycles. The Hall–Kier alpha value is -0.960. The van der Waals surface area contributed by atoms with Gasteiger partial charge < -0.3 is 16.8 Å². The van der Waals surface area contributed by atoms with Crippen LogP contribution in [-0.2, 0) is 0 Å². The van der Waals surface area contributed by atoms with Crippen molar-refractivity contribution in [2.45, 2.75) is 0 Å². The lowest BCUT2D eigenvalue weighted by atomic mass is 10.2. The Labute approximate surface area is 54.4 Å². The first-order chi connectivity index (χ1) is 4.34. The second kappa shape index (κ2) is 2.55. The topological polar surface area (TPSA) is 64.1 Å². The largest absolute Gasteiger partial charge is 0.385 e. The molecular weight excluding hydrogens is 114 g/mol. The van der Waals surface area contributed by atoms with Gasteiger partial charge in [-0.25, -0.2) is 0 Å². The van der Waals surface area contributed by atoms with E-state index in [0.717, 1.165) is 12.1 Å². The van der Waals surface area contributed by atoms with E-state index in [0.29, 0.717) is 12.4 Å². The summed E-state index contributed by atoms with van der Waals surface area (Å²) in [5, 5.41) is 2.97. The van der Waals surface area contributed by atoms with E-state index >= 15 is 0 Å². The predicted molar refractivity (Wildman–Crippen MR) is 37.4 cm³/mol. The predicted octanol–water partition coefficient (Wildman–Crippen LogP) is -0.725. The highest BCUT2D eigenvalue weighted by Gasteiger charge is 1.99. The van der Waals surface area contributed by atoms with Gasteiger partial charge in [0.25, 0.3) is 0 Å². The second-order valence-corrected chi connectivity index (χ2v) is 1.93. The highest BCUT2D eigenvalue weighted by Crippen LogP contribution is 1.99. The van der Waals surface area contributed by atoms with Crippen molar-refractivity contribution in [3.05, 3.63) is 23.5 Å². The van der Waals surface area contributed by atoms with Crippen LogP contribution in [0.5, 0.6) is 0 Å². The van der Waals surface area contributed by atoms with E-state index in [9.17, 15) is 0 Å². The van der Waals surface area contributed by atoms with E-state index in [4.69, 9.17) is 11.5 Å². The second-order valence-electron chi connectivity index (χ2n) is 1.93. The third-order valence-electron chi connectivity index (χ3n) is 1.30. The van der Waals surface area contributed by atoms with Crippen molar-refractivity contribution in [2.75, 3.05) is 13.1 Å². The Kier molecular flexibility index (Phi) is 1.75. The van der Waals surface area contributed by atoms with Crippen LogP contribution in [0.2, 0.25) is 0 Å². The highest BCUT2D eigenvalue weighted by atomic mass is 15.0. The Balaban J connectivity index is 2.72. The molecule has 3 nitrogen and oxygen atoms in total. The standard InChI is InChI=1S/C6H11N3/c7-4-5-2-1-3-9-6(5)8/h1-2,9H,3-4,7-8H2. The minimum atomic E-state index is 0.509. The molecule has 0 saturated carbocycles. The maximum absolute atomic E-state index is 5.53. The molecule has 0 spiro atoms. The molecule has 0 unspecified atom stereocenters. The van der Waals surface area contributed by atoms with Crippen molar-refractivity contribution < 1.29 is 0 Å². The van der Waals surface area contributed by atoms with Gasteiger partial charge in [0.2, 0.25) is 0 Å². The van der Waals surface area contributed by atoms with Crippen LogP contribution in [0.1, 0.15) is 0 Å². The van der Waals surface area contributed by atoms with Crippen LogP contribution in [0.15, 0.2) is 23.5 Å². The summed E-state index contributed by atoms with van der Waals surface area (Å²) in [7, 11) is 0. The summed E-state index contributed by atoms with van der Waals surface area (Å²) in [5.41, 5.74) is 11.9. The summed E-state index contributed by atoms with van der Waals surface area (Å²) in [6, 6.07) is 0. The van der Waals surface area contributed by atoms with Crippen molar-refractivity contribution in [1.82, 2.24) is 5.32 Å². The fraction of sp³-hybridized carbons (Fsp3) is 0.333. The van der Waals surface area contributed by atoms with Gasteiger partial charge in [-0.2, -0.15) is 0 Å². The molecule has 0 aromatic heterocycles. The van der Waals surface area contributed by atoms with Crippen LogP contribution in [0.4, 0.5) is 0 Å². The summed E-state index contributed by atoms with van der Waals surface area (Å²) in [6.45, 7) is 1.32. The van der Waals surface area contributed by atoms with Gasteiger partial charge in [-0.05, 0) is 0 Å². The molecule has 9 heavy (non-hydrogen) atoms. The first-order valence-corrected chi connectivity index (χ1v) is 2.93. The summed E-state index contributed by atoms with van der Waals surface area (Å²) >= 11 is 0. The van der Waals surface area contributed by atoms with Crippen molar-refractivity contribution in [3.8, 4) is 0 Å². The average Bonchev–Trinajstić information content (AvgIpc) is 1.89. The highest BCUT2D eigenvalue weighted by molar-refractivity contribution is 5.27. The fourth-order valence-electron chi connectivity index (χ4n) is 0.751. The monoisotopic (exact) mass is 125 g/mol. The first kappa shape index (κ1) is 6.16. The zero-order valence-electron chi connectivity index (χ0n) is 5.22. The molecule has 0 atom stereocenters. The van der Waals surface area contributed by atoms with Gasteiger partial charge in [0, 0.05) is 18.7 Å². The van der Waals surface area contributed by atoms with Crippen LogP contribution >= 0.6 is 0 Å². The number of nitrogens with two attached hydrogens (primary N) is 2. The average molecular weight is 125 g/mol. The lowest BCUT2D eigenvalue weighted by Crippen LogP contribution is -2.26. The molecule has 1 heterocycles. The number of nitrogens with one attached hydrogen (secondary N) is 1. The molecule has 0 amide bonds. The van der Waals surface area contributed by atoms with Gasteiger partial charge in [-0.15, -0.1) is 0 Å². The molecule has 3 heteroatoms. The van der Waals surface area contributed by atoms with Gasteiger partial charge in [0.05, 0.1) is 0 Å². The fourth-order valence-corrected chi connectivity index (χ4v) is 0.751. The quantitative estimate of drug-likeness (QED) is 0.433. The molecule has 1 aliphatic heterocycles. The van der Waals surface area contributed by atoms with E-state index < -0.39 is 0 Å². The van der Waals surface area contributed by atoms with Crippen LogP contribution in [0.3, 0.4) is 0 Å². The van der Waals surface area contributed by atoms with Gasteiger partial charge in [-0.3, -0.25) is 0 Å². The van der Waals surface area contributed by atoms with Gasteiger partial charge in [0.15, 0.2) is 0 Å². The lowest BCUT2D eigenvalue weighted by Gasteiger charge is -2.11. The van der Waals surface area contributed by atoms with Crippen molar-refractivity contribution in [3.63, 3.8) is 0 Å². The molecule has 1 aliphatic rings. The zero-order chi connectivity index (χ0) is 6.69. The molecule has 0 radical (unpaired) electrons. The van der Waals surface area contributed by atoms with Crippen LogP contribution in [0.25, 0.3) is 0 Å². The Bertz CT molecular complexity index is 158. The molecule has 0 aromatic rings. The molecule has 0 aromatic carbocycles. The molecule has 5 N–H and O–H groups in total. The normalized spacial score (nSPS) is 17.9. The molecule has 0 bridgehead atoms. The third-order valence-corrected chi connectivity index (χ3v) is 1.30. The minimum absolute atomic E-state index is 0.509. The summed E-state index contributed by atoms with van der Waals surface area (Å²) < 4.78 is 0.